The molecule has 0 fully saturated rings. The summed E-state index contributed by atoms with van der Waals surface area (Å²) in [5.41, 5.74) is 2.49. The fraction of sp³-hybridized carbons (Fsp3) is 0.300. The van der Waals surface area contributed by atoms with Crippen LogP contribution >= 0.6 is 0 Å². The van der Waals surface area contributed by atoms with E-state index in [2.05, 4.69) is 10.6 Å². The van der Waals surface area contributed by atoms with Crippen LogP contribution in [0.3, 0.4) is 0 Å². The number of carboxylic acids is 1. The number of aliphatic carboxylic acids is 1. The van der Waals surface area contributed by atoms with Gasteiger partial charge in [0.1, 0.15) is 6.04 Å². The van der Waals surface area contributed by atoms with Crippen molar-refractivity contribution in [1.82, 2.24) is 0 Å². The van der Waals surface area contributed by atoms with Crippen LogP contribution in [0, 0.1) is 5.92 Å². The van der Waals surface area contributed by atoms with Crippen LogP contribution in [0.4, 0.5) is 17.1 Å². The normalized spacial score (nSPS) is 11.8. The van der Waals surface area contributed by atoms with Crippen molar-refractivity contribution in [3.8, 4) is 0 Å². The molecule has 2 aromatic carbocycles. The second-order valence-corrected chi connectivity index (χ2v) is 6.61. The summed E-state index contributed by atoms with van der Waals surface area (Å²) in [6, 6.07) is 16.1. The first-order valence-electron chi connectivity index (χ1n) is 8.70. The van der Waals surface area contributed by atoms with Crippen molar-refractivity contribution < 1.29 is 20.0 Å². The van der Waals surface area contributed by atoms with Crippen LogP contribution in [0.15, 0.2) is 54.6 Å². The molecular weight excluding hydrogens is 330 g/mol. The first-order valence-corrected chi connectivity index (χ1v) is 8.70. The molecule has 1 atom stereocenters. The van der Waals surface area contributed by atoms with Gasteiger partial charge in [-0.3, -0.25) is 4.79 Å². The number of rotatable bonds is 9. The van der Waals surface area contributed by atoms with Gasteiger partial charge in [-0.1, -0.05) is 32.0 Å². The maximum atomic E-state index is 12.1. The summed E-state index contributed by atoms with van der Waals surface area (Å²) >= 11 is 0. The minimum absolute atomic E-state index is 0.126. The van der Waals surface area contributed by atoms with Gasteiger partial charge < -0.3 is 25.9 Å². The zero-order valence-corrected chi connectivity index (χ0v) is 15.1. The van der Waals surface area contributed by atoms with Gasteiger partial charge in [-0.25, -0.2) is 0 Å². The van der Waals surface area contributed by atoms with Gasteiger partial charge >= 0.3 is 0 Å². The SMILES string of the molecule is CC(C)C[NH2+][C@H](CC(=O)Nc1ccc(Nc2ccccc2)cc1)C(=O)[O-]. The van der Waals surface area contributed by atoms with Crippen LogP contribution < -0.4 is 21.1 Å². The maximum Gasteiger partial charge on any atom is 0.230 e. The number of carbonyl (C=O) groups excluding carboxylic acids is 2. The number of para-hydroxylation sites is 1. The van der Waals surface area contributed by atoms with Gasteiger partial charge in [0.05, 0.1) is 18.9 Å². The van der Waals surface area contributed by atoms with Crippen molar-refractivity contribution in [1.29, 1.82) is 0 Å². The minimum Gasteiger partial charge on any atom is -0.544 e. The molecule has 0 aliphatic carbocycles. The number of carbonyl (C=O) groups is 2. The van der Waals surface area contributed by atoms with Crippen LogP contribution in [-0.4, -0.2) is 24.5 Å². The zero-order valence-electron chi connectivity index (χ0n) is 15.1. The van der Waals surface area contributed by atoms with E-state index in [0.717, 1.165) is 11.4 Å². The first-order chi connectivity index (χ1) is 12.4. The lowest BCUT2D eigenvalue weighted by atomic mass is 10.1. The standard InChI is InChI=1S/C20H25N3O3/c1-14(2)13-21-18(20(25)26)12-19(24)23-17-10-8-16(9-11-17)22-15-6-4-3-5-7-15/h3-11,14,18,21-22H,12-13H2,1-2H3,(H,23,24)(H,25,26)/t18-/m1/s1. The number of quaternary nitrogens is 1. The lowest BCUT2D eigenvalue weighted by Crippen LogP contribution is -2.94. The van der Waals surface area contributed by atoms with Crippen molar-refractivity contribution in [3.05, 3.63) is 54.6 Å². The van der Waals surface area contributed by atoms with Crippen molar-refractivity contribution in [2.24, 2.45) is 5.92 Å². The maximum absolute atomic E-state index is 12.1. The number of anilines is 3. The molecule has 0 heterocycles. The minimum atomic E-state index is -1.22. The Morgan fingerprint density at radius 1 is 0.962 bits per heavy atom. The largest absolute Gasteiger partial charge is 0.544 e. The molecule has 0 aliphatic heterocycles. The lowest BCUT2D eigenvalue weighted by molar-refractivity contribution is -0.686. The van der Waals surface area contributed by atoms with Crippen molar-refractivity contribution in [2.75, 3.05) is 17.2 Å². The lowest BCUT2D eigenvalue weighted by Gasteiger charge is -2.17. The summed E-state index contributed by atoms with van der Waals surface area (Å²) in [4.78, 5) is 23.3. The van der Waals surface area contributed by atoms with Gasteiger partial charge in [-0.05, 0) is 36.4 Å². The number of carboxylic acid groups (broad SMARTS) is 1. The number of benzene rings is 2. The van der Waals surface area contributed by atoms with Gasteiger partial charge in [0.2, 0.25) is 5.91 Å². The van der Waals surface area contributed by atoms with E-state index in [-0.39, 0.29) is 12.3 Å². The predicted octanol–water partition coefficient (Wildman–Crippen LogP) is 1.10. The molecule has 0 unspecified atom stereocenters. The third kappa shape index (κ3) is 6.57. The van der Waals surface area contributed by atoms with E-state index < -0.39 is 12.0 Å². The van der Waals surface area contributed by atoms with Gasteiger partial charge in [0.15, 0.2) is 0 Å². The van der Waals surface area contributed by atoms with Crippen molar-refractivity contribution in [2.45, 2.75) is 26.3 Å². The van der Waals surface area contributed by atoms with E-state index in [0.29, 0.717) is 18.2 Å². The molecule has 138 valence electrons. The molecule has 0 bridgehead atoms. The molecular formula is C20H25N3O3. The fourth-order valence-electron chi connectivity index (χ4n) is 2.44. The molecule has 6 heteroatoms. The molecule has 6 nitrogen and oxygen atoms in total. The molecule has 0 aliphatic rings. The number of amides is 1. The Kier molecular flexibility index (Phi) is 7.17. The van der Waals surface area contributed by atoms with Crippen LogP contribution in [0.1, 0.15) is 20.3 Å². The monoisotopic (exact) mass is 355 g/mol. The Hall–Kier alpha value is -2.86. The average molecular weight is 355 g/mol. The van der Waals surface area contributed by atoms with E-state index >= 15 is 0 Å². The smallest absolute Gasteiger partial charge is 0.230 e. The average Bonchev–Trinajstić information content (AvgIpc) is 2.61. The topological polar surface area (TPSA) is 97.9 Å². The molecule has 0 aromatic heterocycles. The second kappa shape index (κ2) is 9.58. The molecule has 0 saturated carbocycles. The predicted molar refractivity (Wildman–Crippen MR) is 99.8 cm³/mol. The van der Waals surface area contributed by atoms with Crippen LogP contribution in [0.25, 0.3) is 0 Å². The number of nitrogens with two attached hydrogens (primary N) is 1. The number of hydrogen-bond acceptors (Lipinski definition) is 4. The summed E-state index contributed by atoms with van der Waals surface area (Å²) in [5, 5.41) is 18.8. The molecule has 26 heavy (non-hydrogen) atoms. The van der Waals surface area contributed by atoms with Gasteiger partial charge in [-0.15, -0.1) is 0 Å². The van der Waals surface area contributed by atoms with E-state index in [1.54, 1.807) is 17.4 Å². The van der Waals surface area contributed by atoms with Gasteiger partial charge in [-0.2, -0.15) is 0 Å². The van der Waals surface area contributed by atoms with E-state index in [4.69, 9.17) is 0 Å². The summed E-state index contributed by atoms with van der Waals surface area (Å²) in [5.74, 6) is -1.23. The summed E-state index contributed by atoms with van der Waals surface area (Å²) in [7, 11) is 0. The Labute approximate surface area is 153 Å². The molecule has 0 saturated heterocycles. The highest BCUT2D eigenvalue weighted by Gasteiger charge is 2.18. The van der Waals surface area contributed by atoms with Crippen molar-refractivity contribution >= 4 is 28.9 Å². The Balaban J connectivity index is 1.89. The fourth-order valence-corrected chi connectivity index (χ4v) is 2.44. The van der Waals surface area contributed by atoms with Crippen molar-refractivity contribution in [3.63, 3.8) is 0 Å². The second-order valence-electron chi connectivity index (χ2n) is 6.61. The first kappa shape index (κ1) is 19.5. The highest BCUT2D eigenvalue weighted by Crippen LogP contribution is 2.18. The Morgan fingerprint density at radius 2 is 1.54 bits per heavy atom. The Morgan fingerprint density at radius 3 is 2.12 bits per heavy atom. The molecule has 2 aromatic rings. The van der Waals surface area contributed by atoms with Crippen LogP contribution in [0.5, 0.6) is 0 Å². The van der Waals surface area contributed by atoms with Gasteiger partial charge in [0, 0.05) is 23.0 Å². The van der Waals surface area contributed by atoms with E-state index in [1.807, 2.05) is 56.3 Å². The van der Waals surface area contributed by atoms with E-state index in [1.165, 1.54) is 0 Å². The van der Waals surface area contributed by atoms with Crippen LogP contribution in [-0.2, 0) is 9.59 Å². The Bertz CT molecular complexity index is 715. The van der Waals surface area contributed by atoms with Gasteiger partial charge in [0.25, 0.3) is 0 Å². The molecule has 4 N–H and O–H groups in total. The molecule has 0 spiro atoms. The molecule has 0 radical (unpaired) electrons. The summed E-state index contributed by atoms with van der Waals surface area (Å²) < 4.78 is 0. The molecule has 1 amide bonds. The summed E-state index contributed by atoms with van der Waals surface area (Å²) in [6.07, 6.45) is -0.126. The number of hydrogen-bond donors (Lipinski definition) is 3. The van der Waals surface area contributed by atoms with E-state index in [9.17, 15) is 14.7 Å². The third-order valence-corrected chi connectivity index (χ3v) is 3.83. The highest BCUT2D eigenvalue weighted by molar-refractivity contribution is 5.93. The highest BCUT2D eigenvalue weighted by atomic mass is 16.4. The summed E-state index contributed by atoms with van der Waals surface area (Å²) in [6.45, 7) is 4.62. The number of nitrogens with one attached hydrogen (secondary N) is 2. The zero-order chi connectivity index (χ0) is 18.9. The van der Waals surface area contributed by atoms with Crippen LogP contribution in [0.2, 0.25) is 0 Å². The third-order valence-electron chi connectivity index (χ3n) is 3.83. The molecule has 2 rings (SSSR count). The quantitative estimate of drug-likeness (QED) is 0.627.